The van der Waals surface area contributed by atoms with Crippen LogP contribution in [0.15, 0.2) is 69.3 Å². The van der Waals surface area contributed by atoms with Gasteiger partial charge in [-0.25, -0.2) is 9.59 Å². The van der Waals surface area contributed by atoms with Crippen molar-refractivity contribution < 1.29 is 83.2 Å². The van der Waals surface area contributed by atoms with Crippen molar-refractivity contribution in [3.63, 3.8) is 0 Å². The molecule has 17 nitrogen and oxygen atoms in total. The van der Waals surface area contributed by atoms with Crippen molar-refractivity contribution in [3.05, 3.63) is 80.4 Å². The maximum absolute atomic E-state index is 13.9. The minimum atomic E-state index is -1.50. The number of phenols is 2. The van der Waals surface area contributed by atoms with Crippen molar-refractivity contribution >= 4 is 27.9 Å². The van der Waals surface area contributed by atoms with Gasteiger partial charge in [-0.15, -0.1) is 0 Å². The topological polar surface area (TPSA) is 250 Å². The predicted molar refractivity (Wildman–Crippen MR) is 263 cm³/mol. The lowest BCUT2D eigenvalue weighted by atomic mass is 9.88. The van der Waals surface area contributed by atoms with E-state index in [1.54, 1.807) is 46.8 Å². The number of carbonyl (C=O) groups excluding carboxylic acids is 2. The van der Waals surface area contributed by atoms with Crippen LogP contribution in [0.5, 0.6) is 11.5 Å². The van der Waals surface area contributed by atoms with E-state index in [1.807, 2.05) is 52.8 Å². The average molecular weight is 1050 g/mol. The highest BCUT2D eigenvalue weighted by Crippen LogP contribution is 2.40. The minimum absolute atomic E-state index is 0.0000874. The summed E-state index contributed by atoms with van der Waals surface area (Å²) in [5, 5.41) is 77.3. The summed E-state index contributed by atoms with van der Waals surface area (Å²) in [6.07, 6.45) is -3.45. The summed E-state index contributed by atoms with van der Waals surface area (Å²) in [6.45, 7) is 19.8. The highest BCUT2D eigenvalue weighted by atomic mass is 79.9. The van der Waals surface area contributed by atoms with Crippen molar-refractivity contribution in [2.24, 2.45) is 11.8 Å². The van der Waals surface area contributed by atoms with Crippen LogP contribution in [0.2, 0.25) is 0 Å². The molecule has 0 unspecified atom stereocenters. The number of carbonyl (C=O) groups is 2. The molecule has 18 heteroatoms. The Morgan fingerprint density at radius 1 is 0.957 bits per heavy atom. The summed E-state index contributed by atoms with van der Waals surface area (Å²) in [4.78, 5) is 27.4. The Balaban J connectivity index is 1.60. The van der Waals surface area contributed by atoms with E-state index in [2.05, 4.69) is 15.9 Å². The van der Waals surface area contributed by atoms with E-state index in [9.17, 15) is 45.3 Å². The maximum Gasteiger partial charge on any atom is 0.342 e. The molecule has 394 valence electrons. The molecule has 3 aliphatic rings. The lowest BCUT2D eigenvalue weighted by Crippen LogP contribution is -2.64. The van der Waals surface area contributed by atoms with E-state index >= 15 is 0 Å². The van der Waals surface area contributed by atoms with E-state index in [0.717, 1.165) is 11.1 Å². The number of phenolic OH excluding ortho intramolecular Hbond substituents is 2. The number of rotatable bonds is 14. The third-order valence-corrected chi connectivity index (χ3v) is 13.6. The van der Waals surface area contributed by atoms with Gasteiger partial charge in [0.2, 0.25) is 0 Å². The molecule has 2 fully saturated rings. The van der Waals surface area contributed by atoms with E-state index in [4.69, 9.17) is 37.9 Å². The first-order valence-corrected chi connectivity index (χ1v) is 24.9. The number of aromatic hydroxyl groups is 2. The van der Waals surface area contributed by atoms with E-state index in [1.165, 1.54) is 26.2 Å². The second-order valence-electron chi connectivity index (χ2n) is 19.4. The van der Waals surface area contributed by atoms with Crippen LogP contribution in [0.1, 0.15) is 111 Å². The van der Waals surface area contributed by atoms with Gasteiger partial charge in [0.05, 0.1) is 42.2 Å². The number of aryl methyl sites for hydroxylation is 1. The fourth-order valence-electron chi connectivity index (χ4n) is 8.65. The Morgan fingerprint density at radius 3 is 2.26 bits per heavy atom. The maximum atomic E-state index is 13.9. The number of aliphatic hydroxyl groups excluding tert-OH is 5. The molecule has 0 amide bonds. The zero-order chi connectivity index (χ0) is 52.4. The molecule has 0 bridgehead atoms. The first kappa shape index (κ1) is 59.1. The standard InChI is InChI=1S/C52H77BrO17/c1-13-32-23-36(56)39(53)40(57)38(32)49(62)68-45-31(9)66-51(46(63-12)43(45)60)65-25-34-17-15-16-18-35(55)28(6)22-33(14-2)44(29(7)21-27(5)19-20-37(30(8)54)67-48(34)61)69-50-42(59)41(58)47(52(10,11)70-50)64-24-26(3)4/h15-17,19,21-23,26,30-31,33,35,37,41-47,50-51,54-60H,13-14,18,20,24-25H2,1-12H3/t30-,31-,33-,35-,37-,41+,42-,43+,44-,45-,46+,47-,50+,51-/m0/s1. The van der Waals surface area contributed by atoms with Gasteiger partial charge in [0, 0.05) is 26.1 Å². The molecule has 0 aromatic heterocycles. The normalized spacial score (nSPS) is 32.2. The van der Waals surface area contributed by atoms with Gasteiger partial charge < -0.3 is 73.6 Å². The molecule has 0 saturated carbocycles. The molecule has 1 aromatic carbocycles. The SMILES string of the molecule is CCc1cc(O)c(Br)c(O)c1C(=O)O[C@@H]1[C@@H](O)[C@@H](OC)[C@@H](OCC2=CC=CC[C@H](O)C(C)=C[C@H](CC)[C@@H](O[C@@H]3OC(C)(C)[C@@H](OCC(C)C)[C@H](O)[C@@H]3O)C(C)=CC(C)=CC[C@@H]([C@H](C)O)OC2=O)O[C@H]1C. The van der Waals surface area contributed by atoms with Gasteiger partial charge in [-0.05, 0) is 118 Å². The second kappa shape index (κ2) is 26.5. The lowest BCUT2D eigenvalue weighted by molar-refractivity contribution is -0.338. The van der Waals surface area contributed by atoms with Crippen LogP contribution in [0.25, 0.3) is 0 Å². The van der Waals surface area contributed by atoms with Gasteiger partial charge >= 0.3 is 11.9 Å². The largest absolute Gasteiger partial charge is 0.507 e. The molecule has 1 aromatic rings. The summed E-state index contributed by atoms with van der Waals surface area (Å²) < 4.78 is 48.2. The summed E-state index contributed by atoms with van der Waals surface area (Å²) in [7, 11) is 1.30. The Morgan fingerprint density at radius 2 is 1.64 bits per heavy atom. The quantitative estimate of drug-likeness (QED) is 0.0814. The van der Waals surface area contributed by atoms with Gasteiger partial charge in [0.1, 0.15) is 58.2 Å². The summed E-state index contributed by atoms with van der Waals surface area (Å²) in [5.41, 5.74) is 1.22. The molecule has 3 heterocycles. The zero-order valence-corrected chi connectivity index (χ0v) is 44.1. The molecule has 2 saturated heterocycles. The molecule has 0 aliphatic carbocycles. The molecule has 14 atom stereocenters. The molecular formula is C52H77BrO17. The van der Waals surface area contributed by atoms with Crippen molar-refractivity contribution in [2.75, 3.05) is 20.3 Å². The number of cyclic esters (lactones) is 1. The van der Waals surface area contributed by atoms with Gasteiger partial charge in [0.25, 0.3) is 0 Å². The number of ether oxygens (including phenoxy) is 8. The third kappa shape index (κ3) is 15.0. The first-order chi connectivity index (χ1) is 32.9. The Hall–Kier alpha value is -3.50. The fourth-order valence-corrected chi connectivity index (χ4v) is 8.96. The van der Waals surface area contributed by atoms with Crippen LogP contribution in [-0.2, 0) is 49.1 Å². The van der Waals surface area contributed by atoms with Crippen LogP contribution in [0.4, 0.5) is 0 Å². The number of hydrogen-bond donors (Lipinski definition) is 7. The number of esters is 2. The van der Waals surface area contributed by atoms with Crippen LogP contribution < -0.4 is 0 Å². The molecule has 4 rings (SSSR count). The Labute approximate surface area is 420 Å². The molecule has 0 radical (unpaired) electrons. The van der Waals surface area contributed by atoms with Gasteiger partial charge in [0.15, 0.2) is 18.7 Å². The van der Waals surface area contributed by atoms with E-state index in [0.29, 0.717) is 24.2 Å². The monoisotopic (exact) mass is 1050 g/mol. The summed E-state index contributed by atoms with van der Waals surface area (Å²) >= 11 is 3.07. The van der Waals surface area contributed by atoms with E-state index < -0.39 is 110 Å². The predicted octanol–water partition coefficient (Wildman–Crippen LogP) is 6.16. The van der Waals surface area contributed by atoms with Crippen molar-refractivity contribution in [1.82, 2.24) is 0 Å². The summed E-state index contributed by atoms with van der Waals surface area (Å²) in [6, 6.07) is 1.33. The summed E-state index contributed by atoms with van der Waals surface area (Å²) in [5.74, 6) is -2.72. The van der Waals surface area contributed by atoms with Crippen LogP contribution in [-0.4, -0.2) is 153 Å². The average Bonchev–Trinajstić information content (AvgIpc) is 3.29. The number of aliphatic hydroxyl groups is 5. The smallest absolute Gasteiger partial charge is 0.342 e. The zero-order valence-electron chi connectivity index (χ0n) is 42.5. The van der Waals surface area contributed by atoms with Crippen molar-refractivity contribution in [3.8, 4) is 11.5 Å². The molecule has 7 N–H and O–H groups in total. The lowest BCUT2D eigenvalue weighted by Gasteiger charge is -2.48. The number of benzene rings is 1. The highest BCUT2D eigenvalue weighted by molar-refractivity contribution is 9.10. The molecule has 70 heavy (non-hydrogen) atoms. The number of methoxy groups -OCH3 is 1. The van der Waals surface area contributed by atoms with Gasteiger partial charge in [-0.3, -0.25) is 0 Å². The molecular weight excluding hydrogens is 976 g/mol. The Kier molecular flexibility index (Phi) is 22.3. The highest BCUT2D eigenvalue weighted by Gasteiger charge is 2.51. The van der Waals surface area contributed by atoms with Crippen molar-refractivity contribution in [2.45, 2.75) is 187 Å². The molecule has 3 aliphatic heterocycles. The third-order valence-electron chi connectivity index (χ3n) is 12.8. The fraction of sp³-hybridized carbons (Fsp3) is 0.654. The van der Waals surface area contributed by atoms with Gasteiger partial charge in [-0.1, -0.05) is 63.6 Å². The number of halogens is 1. The number of allylic oxidation sites excluding steroid dienone is 4. The second-order valence-corrected chi connectivity index (χ2v) is 20.2. The van der Waals surface area contributed by atoms with Crippen LogP contribution >= 0.6 is 15.9 Å². The molecule has 0 spiro atoms. The Bertz CT molecular complexity index is 2080. The number of hydrogen-bond acceptors (Lipinski definition) is 17. The first-order valence-electron chi connectivity index (χ1n) is 24.1. The minimum Gasteiger partial charge on any atom is -0.507 e. The van der Waals surface area contributed by atoms with E-state index in [-0.39, 0.29) is 52.5 Å². The van der Waals surface area contributed by atoms with Crippen LogP contribution in [0, 0.1) is 11.8 Å². The van der Waals surface area contributed by atoms with Crippen molar-refractivity contribution in [1.29, 1.82) is 0 Å². The van der Waals surface area contributed by atoms with Gasteiger partial charge in [-0.2, -0.15) is 0 Å². The van der Waals surface area contributed by atoms with Crippen LogP contribution in [0.3, 0.4) is 0 Å².